The van der Waals surface area contributed by atoms with Gasteiger partial charge in [-0.25, -0.2) is 4.98 Å². The third-order valence-electron chi connectivity index (χ3n) is 2.35. The summed E-state index contributed by atoms with van der Waals surface area (Å²) in [6.45, 7) is -0.0528. The summed E-state index contributed by atoms with van der Waals surface area (Å²) < 4.78 is 10.5. The summed E-state index contributed by atoms with van der Waals surface area (Å²) in [6.07, 6.45) is 0. The quantitative estimate of drug-likeness (QED) is 0.906. The van der Waals surface area contributed by atoms with Crippen molar-refractivity contribution in [2.45, 2.75) is 6.61 Å². The highest BCUT2D eigenvalue weighted by atomic mass is 32.1. The van der Waals surface area contributed by atoms with Crippen molar-refractivity contribution < 1.29 is 14.6 Å². The minimum absolute atomic E-state index is 0.0528. The number of hydrogen-bond acceptors (Lipinski definition) is 5. The molecule has 1 N–H and O–H groups in total. The van der Waals surface area contributed by atoms with Crippen LogP contribution in [-0.4, -0.2) is 24.3 Å². The van der Waals surface area contributed by atoms with E-state index in [1.807, 2.05) is 23.6 Å². The Labute approximate surface area is 103 Å². The highest BCUT2D eigenvalue weighted by molar-refractivity contribution is 7.13. The molecule has 1 heterocycles. The van der Waals surface area contributed by atoms with Crippen LogP contribution >= 0.6 is 11.3 Å². The second-order valence-electron chi connectivity index (χ2n) is 3.37. The molecule has 0 amide bonds. The minimum Gasteiger partial charge on any atom is -0.497 e. The van der Waals surface area contributed by atoms with Gasteiger partial charge < -0.3 is 14.6 Å². The van der Waals surface area contributed by atoms with Gasteiger partial charge in [-0.3, -0.25) is 0 Å². The Morgan fingerprint density at radius 2 is 2.12 bits per heavy atom. The van der Waals surface area contributed by atoms with Crippen LogP contribution in [0, 0.1) is 0 Å². The fraction of sp³-hybridized carbons (Fsp3) is 0.250. The zero-order chi connectivity index (χ0) is 12.3. The van der Waals surface area contributed by atoms with Crippen LogP contribution in [0.1, 0.15) is 5.69 Å². The van der Waals surface area contributed by atoms with Gasteiger partial charge in [0.2, 0.25) is 0 Å². The monoisotopic (exact) mass is 251 g/mol. The number of ether oxygens (including phenoxy) is 2. The van der Waals surface area contributed by atoms with E-state index < -0.39 is 0 Å². The predicted octanol–water partition coefficient (Wildman–Crippen LogP) is 2.32. The molecule has 0 atom stereocenters. The molecule has 0 aliphatic rings. The summed E-state index contributed by atoms with van der Waals surface area (Å²) in [4.78, 5) is 4.32. The predicted molar refractivity (Wildman–Crippen MR) is 66.6 cm³/mol. The number of hydrogen-bond donors (Lipinski definition) is 1. The molecule has 0 spiro atoms. The minimum atomic E-state index is -0.0528. The molecule has 5 heteroatoms. The van der Waals surface area contributed by atoms with Crippen LogP contribution in [0.25, 0.3) is 10.6 Å². The fourth-order valence-corrected chi connectivity index (χ4v) is 2.32. The Bertz CT molecular complexity index is 510. The lowest BCUT2D eigenvalue weighted by Crippen LogP contribution is -1.90. The maximum absolute atomic E-state index is 9.01. The first-order chi connectivity index (χ1) is 8.28. The molecule has 0 saturated heterocycles. The van der Waals surface area contributed by atoms with Crippen LogP contribution in [0.3, 0.4) is 0 Å². The first-order valence-electron chi connectivity index (χ1n) is 5.06. The van der Waals surface area contributed by atoms with E-state index in [2.05, 4.69) is 4.98 Å². The van der Waals surface area contributed by atoms with Gasteiger partial charge in [0.25, 0.3) is 0 Å². The molecule has 4 nitrogen and oxygen atoms in total. The average molecular weight is 251 g/mol. The third kappa shape index (κ3) is 2.40. The Hall–Kier alpha value is -1.59. The van der Waals surface area contributed by atoms with Crippen LogP contribution in [0.4, 0.5) is 0 Å². The van der Waals surface area contributed by atoms with Gasteiger partial charge in [-0.1, -0.05) is 0 Å². The number of aliphatic hydroxyl groups is 1. The number of aromatic nitrogens is 1. The van der Waals surface area contributed by atoms with Crippen molar-refractivity contribution >= 4 is 11.3 Å². The molecule has 0 bridgehead atoms. The smallest absolute Gasteiger partial charge is 0.129 e. The topological polar surface area (TPSA) is 51.6 Å². The molecule has 1 aromatic carbocycles. The molecular weight excluding hydrogens is 238 g/mol. The maximum atomic E-state index is 9.01. The van der Waals surface area contributed by atoms with Crippen LogP contribution in [0.15, 0.2) is 23.6 Å². The summed E-state index contributed by atoms with van der Waals surface area (Å²) in [5, 5.41) is 11.7. The summed E-state index contributed by atoms with van der Waals surface area (Å²) in [6, 6.07) is 5.55. The van der Waals surface area contributed by atoms with Gasteiger partial charge in [0.15, 0.2) is 0 Å². The lowest BCUT2D eigenvalue weighted by molar-refractivity contribution is 0.278. The highest BCUT2D eigenvalue weighted by Gasteiger charge is 2.11. The zero-order valence-electron chi connectivity index (χ0n) is 9.64. The fourth-order valence-electron chi connectivity index (χ4n) is 1.48. The number of thiazole rings is 1. The molecule has 0 radical (unpaired) electrons. The normalized spacial score (nSPS) is 10.3. The lowest BCUT2D eigenvalue weighted by atomic mass is 10.2. The summed E-state index contributed by atoms with van der Waals surface area (Å²) in [5.74, 6) is 1.49. The molecule has 0 saturated carbocycles. The van der Waals surface area contributed by atoms with Crippen molar-refractivity contribution in [3.8, 4) is 22.1 Å². The van der Waals surface area contributed by atoms with E-state index in [9.17, 15) is 0 Å². The SMILES string of the molecule is COc1ccc(OC)c(-c2nc(CO)cs2)c1. The molecule has 0 fully saturated rings. The maximum Gasteiger partial charge on any atom is 0.129 e. The van der Waals surface area contributed by atoms with Crippen LogP contribution in [0.2, 0.25) is 0 Å². The van der Waals surface area contributed by atoms with Crippen molar-refractivity contribution in [1.82, 2.24) is 4.98 Å². The Morgan fingerprint density at radius 1 is 1.29 bits per heavy atom. The first kappa shape index (κ1) is 11.9. The van der Waals surface area contributed by atoms with Crippen LogP contribution < -0.4 is 9.47 Å². The Kier molecular flexibility index (Phi) is 3.61. The molecule has 2 rings (SSSR count). The van der Waals surface area contributed by atoms with Crippen LogP contribution in [0.5, 0.6) is 11.5 Å². The standard InChI is InChI=1S/C12H13NO3S/c1-15-9-3-4-11(16-2)10(5-9)12-13-8(6-14)7-17-12/h3-5,7,14H,6H2,1-2H3. The van der Waals surface area contributed by atoms with Crippen molar-refractivity contribution in [1.29, 1.82) is 0 Å². The van der Waals surface area contributed by atoms with Crippen molar-refractivity contribution in [2.75, 3.05) is 14.2 Å². The van der Waals surface area contributed by atoms with Crippen molar-refractivity contribution in [3.05, 3.63) is 29.3 Å². The van der Waals surface area contributed by atoms with E-state index in [0.29, 0.717) is 5.69 Å². The zero-order valence-corrected chi connectivity index (χ0v) is 10.5. The largest absolute Gasteiger partial charge is 0.497 e. The second-order valence-corrected chi connectivity index (χ2v) is 4.23. The number of nitrogens with zero attached hydrogens (tertiary/aromatic N) is 1. The number of methoxy groups -OCH3 is 2. The van der Waals surface area contributed by atoms with Gasteiger partial charge >= 0.3 is 0 Å². The lowest BCUT2D eigenvalue weighted by Gasteiger charge is -2.08. The number of aliphatic hydroxyl groups excluding tert-OH is 1. The van der Waals surface area contributed by atoms with E-state index >= 15 is 0 Å². The Morgan fingerprint density at radius 3 is 2.71 bits per heavy atom. The number of benzene rings is 1. The van der Waals surface area contributed by atoms with E-state index in [1.54, 1.807) is 14.2 Å². The molecule has 0 aliphatic carbocycles. The molecule has 0 aliphatic heterocycles. The van der Waals surface area contributed by atoms with Gasteiger partial charge in [0.1, 0.15) is 16.5 Å². The molecule has 90 valence electrons. The molecular formula is C12H13NO3S. The van der Waals surface area contributed by atoms with Crippen molar-refractivity contribution in [2.24, 2.45) is 0 Å². The van der Waals surface area contributed by atoms with Gasteiger partial charge in [-0.2, -0.15) is 0 Å². The number of rotatable bonds is 4. The summed E-state index contributed by atoms with van der Waals surface area (Å²) in [7, 11) is 3.23. The van der Waals surface area contributed by atoms with E-state index in [1.165, 1.54) is 11.3 Å². The van der Waals surface area contributed by atoms with Gasteiger partial charge in [-0.15, -0.1) is 11.3 Å². The second kappa shape index (κ2) is 5.16. The average Bonchev–Trinajstić information content (AvgIpc) is 2.86. The van der Waals surface area contributed by atoms with Gasteiger partial charge in [-0.05, 0) is 18.2 Å². The highest BCUT2D eigenvalue weighted by Crippen LogP contribution is 2.35. The van der Waals surface area contributed by atoms with Gasteiger partial charge in [0, 0.05) is 5.38 Å². The molecule has 17 heavy (non-hydrogen) atoms. The molecule has 1 aromatic heterocycles. The summed E-state index contributed by atoms with van der Waals surface area (Å²) in [5.41, 5.74) is 1.53. The van der Waals surface area contributed by atoms with E-state index in [4.69, 9.17) is 14.6 Å². The molecule has 2 aromatic rings. The van der Waals surface area contributed by atoms with E-state index in [-0.39, 0.29) is 6.61 Å². The summed E-state index contributed by atoms with van der Waals surface area (Å²) >= 11 is 1.47. The third-order valence-corrected chi connectivity index (χ3v) is 3.28. The first-order valence-corrected chi connectivity index (χ1v) is 5.94. The molecule has 0 unspecified atom stereocenters. The van der Waals surface area contributed by atoms with E-state index in [0.717, 1.165) is 22.1 Å². The van der Waals surface area contributed by atoms with Crippen LogP contribution in [-0.2, 0) is 6.61 Å². The van der Waals surface area contributed by atoms with Crippen molar-refractivity contribution in [3.63, 3.8) is 0 Å². The Balaban J connectivity index is 2.47. The van der Waals surface area contributed by atoms with Gasteiger partial charge in [0.05, 0.1) is 32.1 Å².